The van der Waals surface area contributed by atoms with Gasteiger partial charge in [-0.2, -0.15) is 0 Å². The summed E-state index contributed by atoms with van der Waals surface area (Å²) in [6, 6.07) is 30.2. The summed E-state index contributed by atoms with van der Waals surface area (Å²) < 4.78 is 7.75. The average molecular weight is 487 g/mol. The zero-order valence-electron chi connectivity index (χ0n) is 19.3. The Kier molecular flexibility index (Phi) is 5.41. The van der Waals surface area contributed by atoms with Gasteiger partial charge in [0.2, 0.25) is 0 Å². The van der Waals surface area contributed by atoms with Gasteiger partial charge in [0.1, 0.15) is 5.52 Å². The quantitative estimate of drug-likeness (QED) is 0.146. The van der Waals surface area contributed by atoms with Crippen LogP contribution in [-0.2, 0) is 4.79 Å². The lowest BCUT2D eigenvalue weighted by Gasteiger charge is -2.09. The lowest BCUT2D eigenvalue weighted by atomic mass is 10.1. The summed E-state index contributed by atoms with van der Waals surface area (Å²) in [6.07, 6.45) is 1.64. The van der Waals surface area contributed by atoms with Gasteiger partial charge in [0.25, 0.3) is 0 Å². The first kappa shape index (κ1) is 21.9. The third-order valence-corrected chi connectivity index (χ3v) is 6.40. The molecule has 0 amide bonds. The van der Waals surface area contributed by atoms with Crippen LogP contribution in [0.15, 0.2) is 97.2 Å². The number of pyridine rings is 1. The first-order valence-corrected chi connectivity index (χ1v) is 11.8. The summed E-state index contributed by atoms with van der Waals surface area (Å²) in [5.41, 5.74) is 5.20. The number of ether oxygens (including phenoxy) is 1. The number of hydrogen-bond acceptors (Lipinski definition) is 3. The van der Waals surface area contributed by atoms with Crippen molar-refractivity contribution in [2.24, 2.45) is 0 Å². The molecule has 0 atom stereocenters. The van der Waals surface area contributed by atoms with E-state index < -0.39 is 5.97 Å². The number of carbonyl (C=O) groups is 1. The van der Waals surface area contributed by atoms with Gasteiger partial charge in [-0.25, -0.2) is 0 Å². The Bertz CT molecular complexity index is 1800. The number of carbonyl (C=O) groups excluding carboxylic acids is 1. The smallest absolute Gasteiger partial charge is 0.308 e. The average Bonchev–Trinajstić information content (AvgIpc) is 3.24. The van der Waals surface area contributed by atoms with E-state index in [2.05, 4.69) is 82.1 Å². The van der Waals surface area contributed by atoms with Crippen LogP contribution in [-0.4, -0.2) is 15.5 Å². The molecule has 0 aliphatic rings. The molecule has 0 spiro atoms. The largest absolute Gasteiger partial charge is 0.423 e. The summed E-state index contributed by atoms with van der Waals surface area (Å²) in [7, 11) is 0. The fourth-order valence-electron chi connectivity index (χ4n) is 4.55. The number of rotatable bonds is 2. The van der Waals surface area contributed by atoms with Crippen LogP contribution in [0.3, 0.4) is 0 Å². The third kappa shape index (κ3) is 3.76. The number of esters is 1. The van der Waals surface area contributed by atoms with Crippen molar-refractivity contribution in [1.29, 1.82) is 0 Å². The van der Waals surface area contributed by atoms with Crippen LogP contribution >= 0.6 is 11.6 Å². The maximum absolute atomic E-state index is 11.8. The SMILES string of the molecule is CC(=O)Oc1c(C#Cc2ccc(-n3c4ccccc4c4ccccc43)cc2)cc(Cl)c2cccnc12. The van der Waals surface area contributed by atoms with Gasteiger partial charge in [0.05, 0.1) is 21.6 Å². The number of fused-ring (bicyclic) bond motifs is 4. The lowest BCUT2D eigenvalue weighted by Crippen LogP contribution is -2.04. The highest BCUT2D eigenvalue weighted by Gasteiger charge is 2.15. The van der Waals surface area contributed by atoms with E-state index in [0.29, 0.717) is 27.2 Å². The number of aromatic nitrogens is 2. The molecule has 0 saturated heterocycles. The maximum atomic E-state index is 11.8. The van der Waals surface area contributed by atoms with Crippen LogP contribution in [0.1, 0.15) is 18.1 Å². The van der Waals surface area contributed by atoms with Crippen LogP contribution in [0, 0.1) is 11.8 Å². The van der Waals surface area contributed by atoms with Crippen LogP contribution < -0.4 is 4.74 Å². The molecule has 4 aromatic carbocycles. The van der Waals surface area contributed by atoms with Gasteiger partial charge < -0.3 is 9.30 Å². The van der Waals surface area contributed by atoms with Gasteiger partial charge in [0, 0.05) is 40.5 Å². The van der Waals surface area contributed by atoms with E-state index in [9.17, 15) is 4.79 Å². The molecule has 6 rings (SSSR count). The van der Waals surface area contributed by atoms with Crippen molar-refractivity contribution in [1.82, 2.24) is 9.55 Å². The maximum Gasteiger partial charge on any atom is 0.308 e. The Labute approximate surface area is 212 Å². The molecule has 4 nitrogen and oxygen atoms in total. The predicted molar refractivity (Wildman–Crippen MR) is 145 cm³/mol. The fourth-order valence-corrected chi connectivity index (χ4v) is 4.81. The number of halogens is 1. The minimum atomic E-state index is -0.442. The minimum Gasteiger partial charge on any atom is -0.423 e. The van der Waals surface area contributed by atoms with Crippen LogP contribution in [0.5, 0.6) is 5.75 Å². The van der Waals surface area contributed by atoms with Gasteiger partial charge in [-0.1, -0.05) is 59.8 Å². The molecular weight excluding hydrogens is 468 g/mol. The molecule has 0 saturated carbocycles. The molecule has 0 aliphatic heterocycles. The van der Waals surface area contributed by atoms with Crippen molar-refractivity contribution >= 4 is 50.3 Å². The monoisotopic (exact) mass is 486 g/mol. The third-order valence-electron chi connectivity index (χ3n) is 6.09. The molecule has 0 N–H and O–H groups in total. The standard InChI is InChI=1S/C31H19ClN2O2/c1-20(35)36-31-22(19-27(32)26-9-6-18-33-30(26)31)15-12-21-13-16-23(17-14-21)34-28-10-4-2-7-24(28)25-8-3-5-11-29(25)34/h2-11,13-14,16-19H,1H3. The van der Waals surface area contributed by atoms with Crippen molar-refractivity contribution in [3.63, 3.8) is 0 Å². The Hall–Kier alpha value is -4.59. The molecule has 0 radical (unpaired) electrons. The highest BCUT2D eigenvalue weighted by atomic mass is 35.5. The van der Waals surface area contributed by atoms with Gasteiger partial charge >= 0.3 is 5.97 Å². The van der Waals surface area contributed by atoms with Gasteiger partial charge in [0.15, 0.2) is 5.75 Å². The minimum absolute atomic E-state index is 0.317. The molecule has 0 unspecified atom stereocenters. The van der Waals surface area contributed by atoms with Crippen molar-refractivity contribution in [3.8, 4) is 23.3 Å². The summed E-state index contributed by atoms with van der Waals surface area (Å²) in [5.74, 6) is 6.17. The Morgan fingerprint density at radius 2 is 1.47 bits per heavy atom. The topological polar surface area (TPSA) is 44.1 Å². The Morgan fingerprint density at radius 3 is 2.14 bits per heavy atom. The molecule has 2 heterocycles. The first-order valence-electron chi connectivity index (χ1n) is 11.5. The molecule has 0 bridgehead atoms. The second-order valence-electron chi connectivity index (χ2n) is 8.39. The molecule has 172 valence electrons. The van der Waals surface area contributed by atoms with E-state index >= 15 is 0 Å². The number of benzene rings is 4. The Balaban J connectivity index is 1.42. The molecule has 5 heteroatoms. The summed E-state index contributed by atoms with van der Waals surface area (Å²) in [4.78, 5) is 16.1. The van der Waals surface area contributed by atoms with Crippen molar-refractivity contribution < 1.29 is 9.53 Å². The molecular formula is C31H19ClN2O2. The normalized spacial score (nSPS) is 10.9. The molecule has 2 aromatic heterocycles. The Morgan fingerprint density at radius 1 is 0.833 bits per heavy atom. The van der Waals surface area contributed by atoms with E-state index in [1.54, 1.807) is 18.3 Å². The van der Waals surface area contributed by atoms with E-state index in [-0.39, 0.29) is 0 Å². The van der Waals surface area contributed by atoms with Crippen molar-refractivity contribution in [2.75, 3.05) is 0 Å². The summed E-state index contributed by atoms with van der Waals surface area (Å²) in [5, 5.41) is 3.64. The summed E-state index contributed by atoms with van der Waals surface area (Å²) in [6.45, 7) is 1.36. The lowest BCUT2D eigenvalue weighted by molar-refractivity contribution is -0.131. The highest BCUT2D eigenvalue weighted by Crippen LogP contribution is 2.34. The van der Waals surface area contributed by atoms with Gasteiger partial charge in [-0.15, -0.1) is 0 Å². The van der Waals surface area contributed by atoms with Crippen LogP contribution in [0.2, 0.25) is 5.02 Å². The molecule has 6 aromatic rings. The van der Waals surface area contributed by atoms with Crippen LogP contribution in [0.4, 0.5) is 0 Å². The first-order chi connectivity index (χ1) is 17.6. The summed E-state index contributed by atoms with van der Waals surface area (Å²) >= 11 is 6.47. The van der Waals surface area contributed by atoms with E-state index in [0.717, 1.165) is 22.3 Å². The van der Waals surface area contributed by atoms with E-state index in [1.165, 1.54) is 17.7 Å². The zero-order valence-corrected chi connectivity index (χ0v) is 20.1. The number of para-hydroxylation sites is 2. The zero-order chi connectivity index (χ0) is 24.6. The van der Waals surface area contributed by atoms with Crippen molar-refractivity contribution in [2.45, 2.75) is 6.92 Å². The molecule has 0 fully saturated rings. The second-order valence-corrected chi connectivity index (χ2v) is 8.80. The molecule has 36 heavy (non-hydrogen) atoms. The second kappa shape index (κ2) is 8.88. The van der Waals surface area contributed by atoms with E-state index in [4.69, 9.17) is 16.3 Å². The van der Waals surface area contributed by atoms with Crippen molar-refractivity contribution in [3.05, 3.63) is 113 Å². The fraction of sp³-hybridized carbons (Fsp3) is 0.0323. The molecule has 0 aliphatic carbocycles. The highest BCUT2D eigenvalue weighted by molar-refractivity contribution is 6.35. The van der Waals surface area contributed by atoms with Crippen LogP contribution in [0.25, 0.3) is 38.4 Å². The predicted octanol–water partition coefficient (Wildman–Crippen LogP) is 7.31. The number of hydrogen-bond donors (Lipinski definition) is 0. The number of nitrogens with zero attached hydrogens (tertiary/aromatic N) is 2. The van der Waals surface area contributed by atoms with E-state index in [1.807, 2.05) is 18.2 Å². The van der Waals surface area contributed by atoms with Gasteiger partial charge in [-0.05, 0) is 54.6 Å². The van der Waals surface area contributed by atoms with Gasteiger partial charge in [-0.3, -0.25) is 9.78 Å².